The normalized spacial score (nSPS) is 23.7. The number of hydrogen-bond donors (Lipinski definition) is 2. The molecule has 0 radical (unpaired) electrons. The van der Waals surface area contributed by atoms with Crippen molar-refractivity contribution in [3.05, 3.63) is 35.4 Å². The van der Waals surface area contributed by atoms with Gasteiger partial charge in [-0.15, -0.1) is 12.4 Å². The Balaban J connectivity index is 0.00000261. The molecule has 3 rings (SSSR count). The lowest BCUT2D eigenvalue weighted by Crippen LogP contribution is -2.42. The molecule has 152 valence electrons. The molecule has 0 bridgehead atoms. The fourth-order valence-electron chi connectivity index (χ4n) is 4.50. The maximum Gasteiger partial charge on any atom is 0.223 e. The number of piperidine rings is 1. The van der Waals surface area contributed by atoms with Crippen molar-refractivity contribution in [2.75, 3.05) is 13.6 Å². The van der Waals surface area contributed by atoms with Crippen LogP contribution in [-0.2, 0) is 17.9 Å². The van der Waals surface area contributed by atoms with Crippen molar-refractivity contribution >= 4 is 18.3 Å². The fraction of sp³-hybridized carbons (Fsp3) is 0.682. The van der Waals surface area contributed by atoms with Crippen LogP contribution in [0.1, 0.15) is 63.0 Å². The molecule has 1 amide bonds. The van der Waals surface area contributed by atoms with Gasteiger partial charge in [0.25, 0.3) is 0 Å². The molecule has 2 aliphatic rings. The van der Waals surface area contributed by atoms with E-state index in [4.69, 9.17) is 0 Å². The molecule has 5 heteroatoms. The molecule has 27 heavy (non-hydrogen) atoms. The Morgan fingerprint density at radius 3 is 2.56 bits per heavy atom. The van der Waals surface area contributed by atoms with Gasteiger partial charge in [-0.3, -0.25) is 9.69 Å². The van der Waals surface area contributed by atoms with E-state index < -0.39 is 0 Å². The summed E-state index contributed by atoms with van der Waals surface area (Å²) in [6, 6.07) is 9.73. The second kappa shape index (κ2) is 11.0. The Bertz CT molecular complexity index is 589. The smallest absolute Gasteiger partial charge is 0.223 e. The van der Waals surface area contributed by atoms with E-state index in [1.165, 1.54) is 43.2 Å². The number of amides is 1. The lowest BCUT2D eigenvalue weighted by Gasteiger charge is -2.31. The highest BCUT2D eigenvalue weighted by Crippen LogP contribution is 2.24. The second-order valence-electron chi connectivity index (χ2n) is 8.27. The Labute approximate surface area is 170 Å². The summed E-state index contributed by atoms with van der Waals surface area (Å²) in [5, 5.41) is 6.61. The van der Waals surface area contributed by atoms with Crippen LogP contribution in [0, 0.1) is 5.92 Å². The van der Waals surface area contributed by atoms with Crippen LogP contribution in [0.4, 0.5) is 0 Å². The summed E-state index contributed by atoms with van der Waals surface area (Å²) < 4.78 is 0. The van der Waals surface area contributed by atoms with Crippen LogP contribution >= 0.6 is 12.4 Å². The van der Waals surface area contributed by atoms with Crippen LogP contribution in [-0.4, -0.2) is 36.5 Å². The number of benzene rings is 1. The molecule has 0 spiro atoms. The zero-order valence-corrected chi connectivity index (χ0v) is 17.7. The SMILES string of the molecule is C[C@H]1C[C@@H](C(=O)NCc2ccccc2CN(C)C2CCCCC2)CCN1.Cl. The molecular weight excluding hydrogens is 358 g/mol. The van der Waals surface area contributed by atoms with Crippen LogP contribution in [0.3, 0.4) is 0 Å². The number of rotatable bonds is 6. The molecular formula is C22H36ClN3O. The van der Waals surface area contributed by atoms with E-state index in [0.29, 0.717) is 18.6 Å². The summed E-state index contributed by atoms with van der Waals surface area (Å²) in [5.74, 6) is 0.372. The number of nitrogens with one attached hydrogen (secondary N) is 2. The van der Waals surface area contributed by atoms with Gasteiger partial charge in [-0.25, -0.2) is 0 Å². The topological polar surface area (TPSA) is 44.4 Å². The summed E-state index contributed by atoms with van der Waals surface area (Å²) in [4.78, 5) is 15.1. The van der Waals surface area contributed by atoms with E-state index in [1.54, 1.807) is 0 Å². The summed E-state index contributed by atoms with van der Waals surface area (Å²) in [5.41, 5.74) is 2.60. The largest absolute Gasteiger partial charge is 0.352 e. The van der Waals surface area contributed by atoms with Crippen molar-refractivity contribution in [3.63, 3.8) is 0 Å². The minimum absolute atomic E-state index is 0. The van der Waals surface area contributed by atoms with Gasteiger partial charge in [-0.1, -0.05) is 43.5 Å². The molecule has 1 aliphatic heterocycles. The van der Waals surface area contributed by atoms with Crippen LogP contribution in [0.25, 0.3) is 0 Å². The average molecular weight is 394 g/mol. The third-order valence-corrected chi connectivity index (χ3v) is 6.18. The van der Waals surface area contributed by atoms with Crippen molar-refractivity contribution in [1.29, 1.82) is 0 Å². The number of hydrogen-bond acceptors (Lipinski definition) is 3. The van der Waals surface area contributed by atoms with E-state index in [2.05, 4.69) is 53.8 Å². The van der Waals surface area contributed by atoms with Gasteiger partial charge in [0.15, 0.2) is 0 Å². The van der Waals surface area contributed by atoms with E-state index in [9.17, 15) is 4.79 Å². The van der Waals surface area contributed by atoms with Gasteiger partial charge < -0.3 is 10.6 Å². The lowest BCUT2D eigenvalue weighted by molar-refractivity contribution is -0.126. The van der Waals surface area contributed by atoms with Gasteiger partial charge >= 0.3 is 0 Å². The Morgan fingerprint density at radius 1 is 1.15 bits per heavy atom. The molecule has 0 aromatic heterocycles. The molecule has 1 heterocycles. The van der Waals surface area contributed by atoms with Crippen LogP contribution in [0.15, 0.2) is 24.3 Å². The first-order chi connectivity index (χ1) is 12.6. The van der Waals surface area contributed by atoms with Crippen molar-refractivity contribution in [1.82, 2.24) is 15.5 Å². The molecule has 4 nitrogen and oxygen atoms in total. The van der Waals surface area contributed by atoms with Crippen molar-refractivity contribution in [2.45, 2.75) is 77.0 Å². The lowest BCUT2D eigenvalue weighted by atomic mass is 9.92. The van der Waals surface area contributed by atoms with Crippen LogP contribution in [0.2, 0.25) is 0 Å². The minimum atomic E-state index is 0. The predicted octanol–water partition coefficient (Wildman–Crippen LogP) is 3.88. The van der Waals surface area contributed by atoms with Crippen molar-refractivity contribution in [3.8, 4) is 0 Å². The number of carbonyl (C=O) groups excluding carboxylic acids is 1. The molecule has 1 aliphatic carbocycles. The van der Waals surface area contributed by atoms with Crippen LogP contribution in [0.5, 0.6) is 0 Å². The fourth-order valence-corrected chi connectivity index (χ4v) is 4.50. The summed E-state index contributed by atoms with van der Waals surface area (Å²) >= 11 is 0. The zero-order chi connectivity index (χ0) is 18.4. The van der Waals surface area contributed by atoms with Gasteiger partial charge in [-0.05, 0) is 57.3 Å². The van der Waals surface area contributed by atoms with E-state index >= 15 is 0 Å². The molecule has 1 saturated heterocycles. The average Bonchev–Trinajstić information content (AvgIpc) is 2.67. The van der Waals surface area contributed by atoms with Gasteiger partial charge in [0.1, 0.15) is 0 Å². The Morgan fingerprint density at radius 2 is 1.85 bits per heavy atom. The highest BCUT2D eigenvalue weighted by Gasteiger charge is 2.24. The van der Waals surface area contributed by atoms with Crippen molar-refractivity contribution < 1.29 is 4.79 Å². The molecule has 0 unspecified atom stereocenters. The predicted molar refractivity (Wildman–Crippen MR) is 114 cm³/mol. The number of carbonyl (C=O) groups is 1. The summed E-state index contributed by atoms with van der Waals surface area (Å²) in [6.07, 6.45) is 8.65. The van der Waals surface area contributed by atoms with Crippen molar-refractivity contribution in [2.24, 2.45) is 5.92 Å². The maximum atomic E-state index is 12.5. The molecule has 1 aromatic rings. The van der Waals surface area contributed by atoms with E-state index in [0.717, 1.165) is 25.9 Å². The highest BCUT2D eigenvalue weighted by molar-refractivity contribution is 5.85. The molecule has 1 aromatic carbocycles. The third kappa shape index (κ3) is 6.48. The summed E-state index contributed by atoms with van der Waals surface area (Å²) in [7, 11) is 2.25. The van der Waals surface area contributed by atoms with E-state index in [1.807, 2.05) is 0 Å². The third-order valence-electron chi connectivity index (χ3n) is 6.18. The minimum Gasteiger partial charge on any atom is -0.352 e. The van der Waals surface area contributed by atoms with Crippen LogP contribution < -0.4 is 10.6 Å². The molecule has 2 atom stereocenters. The Kier molecular flexibility index (Phi) is 9.07. The molecule has 1 saturated carbocycles. The quantitative estimate of drug-likeness (QED) is 0.770. The molecule has 2 fully saturated rings. The van der Waals surface area contributed by atoms with E-state index in [-0.39, 0.29) is 24.2 Å². The first-order valence-corrected chi connectivity index (χ1v) is 10.4. The number of halogens is 1. The summed E-state index contributed by atoms with van der Waals surface area (Å²) in [6.45, 7) is 4.73. The first kappa shape index (κ1) is 22.2. The monoisotopic (exact) mass is 393 g/mol. The first-order valence-electron chi connectivity index (χ1n) is 10.4. The Hall–Kier alpha value is -1.10. The zero-order valence-electron chi connectivity index (χ0n) is 16.9. The van der Waals surface area contributed by atoms with Gasteiger partial charge in [0, 0.05) is 31.1 Å². The second-order valence-corrected chi connectivity index (χ2v) is 8.27. The van der Waals surface area contributed by atoms with Gasteiger partial charge in [-0.2, -0.15) is 0 Å². The standard InChI is InChI=1S/C22H35N3O.ClH/c1-17-14-18(12-13-23-17)22(26)24-15-19-8-6-7-9-20(19)16-25(2)21-10-4-3-5-11-21;/h6-9,17-18,21,23H,3-5,10-16H2,1-2H3,(H,24,26);1H/t17-,18-;/m0./s1. The van der Waals surface area contributed by atoms with Gasteiger partial charge in [0.2, 0.25) is 5.91 Å². The van der Waals surface area contributed by atoms with Gasteiger partial charge in [0.05, 0.1) is 0 Å². The molecule has 2 N–H and O–H groups in total. The number of nitrogens with zero attached hydrogens (tertiary/aromatic N) is 1. The highest BCUT2D eigenvalue weighted by atomic mass is 35.5. The maximum absolute atomic E-state index is 12.5.